The van der Waals surface area contributed by atoms with Crippen molar-refractivity contribution in [3.63, 3.8) is 0 Å². The zero-order valence-corrected chi connectivity index (χ0v) is 25.5. The fourth-order valence-electron chi connectivity index (χ4n) is 5.05. The Hall–Kier alpha value is -4.94. The molecule has 3 aromatic carbocycles. The van der Waals surface area contributed by atoms with Gasteiger partial charge in [0.1, 0.15) is 11.5 Å². The van der Waals surface area contributed by atoms with E-state index in [1.807, 2.05) is 0 Å². The van der Waals surface area contributed by atoms with Crippen LogP contribution < -0.4 is 25.0 Å². The zero-order chi connectivity index (χ0) is 31.9. The molecular weight excluding hydrogens is 581 g/mol. The lowest BCUT2D eigenvalue weighted by Gasteiger charge is -2.26. The molecule has 0 atom stereocenters. The molecule has 0 saturated carbocycles. The van der Waals surface area contributed by atoms with Crippen molar-refractivity contribution in [2.45, 2.75) is 20.3 Å². The van der Waals surface area contributed by atoms with Crippen LogP contribution in [0.2, 0.25) is 0 Å². The van der Waals surface area contributed by atoms with Crippen LogP contribution in [0.4, 0.5) is 14.9 Å². The Morgan fingerprint density at radius 3 is 2.53 bits per heavy atom. The molecule has 45 heavy (non-hydrogen) atoms. The number of carbonyl (C=O) groups is 1. The number of nitrogens with zero attached hydrogens (tertiary/aromatic N) is 4. The molecule has 236 valence electrons. The third-order valence-corrected chi connectivity index (χ3v) is 7.39. The summed E-state index contributed by atoms with van der Waals surface area (Å²) in [6.07, 6.45) is 3.82. The lowest BCUT2D eigenvalue weighted by Crippen LogP contribution is -2.37. The van der Waals surface area contributed by atoms with E-state index in [2.05, 4.69) is 15.0 Å². The molecular formula is C33H36FN5O6. The fraction of sp³-hybridized carbons (Fsp3) is 0.303. The van der Waals surface area contributed by atoms with Gasteiger partial charge in [-0.2, -0.15) is 10.1 Å². The molecule has 2 heterocycles. The van der Waals surface area contributed by atoms with Crippen LogP contribution >= 0.6 is 0 Å². The average Bonchev–Trinajstić information content (AvgIpc) is 3.03. The Balaban J connectivity index is 1.31. The summed E-state index contributed by atoms with van der Waals surface area (Å²) in [6, 6.07) is 11.6. The minimum Gasteiger partial charge on any atom is -0.507 e. The molecule has 1 saturated heterocycles. The van der Waals surface area contributed by atoms with Gasteiger partial charge in [-0.25, -0.2) is 9.18 Å². The van der Waals surface area contributed by atoms with E-state index < -0.39 is 11.8 Å². The molecule has 12 heteroatoms. The van der Waals surface area contributed by atoms with E-state index in [1.165, 1.54) is 18.3 Å². The number of phenols is 1. The Bertz CT molecular complexity index is 1690. The van der Waals surface area contributed by atoms with Gasteiger partial charge in [0.2, 0.25) is 0 Å². The fourth-order valence-corrected chi connectivity index (χ4v) is 5.05. The molecule has 0 unspecified atom stereocenters. The summed E-state index contributed by atoms with van der Waals surface area (Å²) >= 11 is 0. The first-order valence-corrected chi connectivity index (χ1v) is 14.5. The smallest absolute Gasteiger partial charge is 0.340 e. The predicted molar refractivity (Wildman–Crippen MR) is 169 cm³/mol. The number of pyridine rings is 1. The van der Waals surface area contributed by atoms with E-state index in [0.29, 0.717) is 51.4 Å². The van der Waals surface area contributed by atoms with Crippen LogP contribution in [-0.2, 0) is 4.74 Å². The van der Waals surface area contributed by atoms with Gasteiger partial charge in [0, 0.05) is 43.4 Å². The number of aryl methyl sites for hydroxylation is 2. The number of urea groups is 1. The number of rotatable bonds is 11. The number of primary amides is 1. The summed E-state index contributed by atoms with van der Waals surface area (Å²) in [7, 11) is 1.55. The van der Waals surface area contributed by atoms with Gasteiger partial charge < -0.3 is 29.8 Å². The number of hydrogen-bond donors (Lipinski definition) is 2. The van der Waals surface area contributed by atoms with Gasteiger partial charge in [-0.15, -0.1) is 0 Å². The summed E-state index contributed by atoms with van der Waals surface area (Å²) in [6.45, 7) is 8.29. The normalized spacial score (nSPS) is 13.7. The Labute approximate surface area is 260 Å². The average molecular weight is 618 g/mol. The third kappa shape index (κ3) is 7.59. The molecule has 3 N–H and O–H groups in total. The van der Waals surface area contributed by atoms with Crippen LogP contribution in [0.5, 0.6) is 28.7 Å². The van der Waals surface area contributed by atoms with Crippen molar-refractivity contribution in [3.8, 4) is 28.7 Å². The highest BCUT2D eigenvalue weighted by atomic mass is 19.1. The number of hydrogen-bond acceptors (Lipinski definition) is 9. The summed E-state index contributed by atoms with van der Waals surface area (Å²) in [5, 5.41) is 15.6. The first-order valence-electron chi connectivity index (χ1n) is 14.5. The van der Waals surface area contributed by atoms with E-state index in [1.54, 1.807) is 57.5 Å². The van der Waals surface area contributed by atoms with Crippen LogP contribution in [0.3, 0.4) is 0 Å². The van der Waals surface area contributed by atoms with Gasteiger partial charge in [-0.05, 0) is 73.4 Å². The van der Waals surface area contributed by atoms with E-state index in [0.717, 1.165) is 50.3 Å². The Morgan fingerprint density at radius 2 is 1.84 bits per heavy atom. The highest BCUT2D eigenvalue weighted by Crippen LogP contribution is 2.38. The van der Waals surface area contributed by atoms with Crippen molar-refractivity contribution in [1.29, 1.82) is 0 Å². The van der Waals surface area contributed by atoms with Crippen molar-refractivity contribution in [2.75, 3.05) is 51.6 Å². The third-order valence-electron chi connectivity index (χ3n) is 7.39. The number of halogens is 1. The van der Waals surface area contributed by atoms with Crippen LogP contribution in [0.1, 0.15) is 23.1 Å². The van der Waals surface area contributed by atoms with E-state index in [9.17, 15) is 9.90 Å². The number of fused-ring (bicyclic) bond motifs is 1. The summed E-state index contributed by atoms with van der Waals surface area (Å²) in [5.74, 6) is 0.773. The molecule has 0 spiro atoms. The first-order chi connectivity index (χ1) is 21.7. The van der Waals surface area contributed by atoms with Crippen LogP contribution in [0.25, 0.3) is 10.9 Å². The molecule has 0 radical (unpaired) electrons. The van der Waals surface area contributed by atoms with Gasteiger partial charge in [0.05, 0.1) is 44.3 Å². The van der Waals surface area contributed by atoms with Gasteiger partial charge >= 0.3 is 6.03 Å². The molecule has 1 aliphatic heterocycles. The monoisotopic (exact) mass is 617 g/mol. The SMILES string of the molecule is COc1cc2c(Oc3ccc(N(N=Cc4cc(C)c(O)c(C)c4)C(N)=O)cc3F)ccnc2cc1OCCCN1CCOCC1. The number of carbonyl (C=O) groups excluding carboxylic acids is 1. The van der Waals surface area contributed by atoms with E-state index in [-0.39, 0.29) is 17.2 Å². The van der Waals surface area contributed by atoms with Gasteiger partial charge in [0.15, 0.2) is 23.1 Å². The van der Waals surface area contributed by atoms with Crippen molar-refractivity contribution >= 4 is 28.8 Å². The number of aromatic hydroxyl groups is 1. The molecule has 1 aromatic heterocycles. The lowest BCUT2D eigenvalue weighted by molar-refractivity contribution is 0.0357. The zero-order valence-electron chi connectivity index (χ0n) is 25.5. The molecule has 4 aromatic rings. The molecule has 0 aliphatic carbocycles. The topological polar surface area (TPSA) is 132 Å². The van der Waals surface area contributed by atoms with Crippen molar-refractivity contribution in [3.05, 3.63) is 77.2 Å². The number of hydrazone groups is 1. The first kappa shape index (κ1) is 31.5. The van der Waals surface area contributed by atoms with Crippen molar-refractivity contribution in [2.24, 2.45) is 10.8 Å². The molecule has 0 bridgehead atoms. The molecule has 2 amide bonds. The quantitative estimate of drug-likeness (QED) is 0.128. The second kappa shape index (κ2) is 14.2. The summed E-state index contributed by atoms with van der Waals surface area (Å²) in [5.41, 5.74) is 8.18. The minimum atomic E-state index is -0.905. The highest BCUT2D eigenvalue weighted by Gasteiger charge is 2.17. The lowest BCUT2D eigenvalue weighted by atomic mass is 10.1. The van der Waals surface area contributed by atoms with E-state index >= 15 is 4.39 Å². The number of aromatic nitrogens is 1. The maximum absolute atomic E-state index is 15.3. The minimum absolute atomic E-state index is 0.0770. The number of morpholine rings is 1. The highest BCUT2D eigenvalue weighted by molar-refractivity contribution is 5.93. The maximum Gasteiger partial charge on any atom is 0.340 e. The second-order valence-corrected chi connectivity index (χ2v) is 10.6. The second-order valence-electron chi connectivity index (χ2n) is 10.6. The number of anilines is 1. The van der Waals surface area contributed by atoms with E-state index in [4.69, 9.17) is 24.7 Å². The van der Waals surface area contributed by atoms with Gasteiger partial charge in [-0.3, -0.25) is 9.88 Å². The largest absolute Gasteiger partial charge is 0.507 e. The molecule has 1 fully saturated rings. The van der Waals surface area contributed by atoms with Crippen LogP contribution in [0, 0.1) is 19.7 Å². The number of benzene rings is 3. The molecule has 1 aliphatic rings. The number of methoxy groups -OCH3 is 1. The number of nitrogens with two attached hydrogens (primary N) is 1. The number of ether oxygens (including phenoxy) is 4. The van der Waals surface area contributed by atoms with Crippen molar-refractivity contribution in [1.82, 2.24) is 9.88 Å². The standard InChI is InChI=1S/C33H36FN5O6/c1-21-15-23(16-22(2)32(21)40)20-37-39(33(35)41)24-5-6-29(26(34)17-24)45-28-7-8-36-27-19-31(30(42-3)18-25(27)28)44-12-4-9-38-10-13-43-14-11-38/h5-8,15-20,40H,4,9-14H2,1-3H3,(H2,35,41). The van der Waals surface area contributed by atoms with Gasteiger partial charge in [-0.1, -0.05) is 0 Å². The summed E-state index contributed by atoms with van der Waals surface area (Å²) < 4.78 is 38.3. The Kier molecular flexibility index (Phi) is 9.95. The Morgan fingerprint density at radius 1 is 1.09 bits per heavy atom. The molecule has 5 rings (SSSR count). The van der Waals surface area contributed by atoms with Crippen LogP contribution in [-0.4, -0.2) is 73.8 Å². The molecule has 11 nitrogen and oxygen atoms in total. The number of amides is 2. The summed E-state index contributed by atoms with van der Waals surface area (Å²) in [4.78, 5) is 19.0. The maximum atomic E-state index is 15.3. The predicted octanol–water partition coefficient (Wildman–Crippen LogP) is 5.52. The van der Waals surface area contributed by atoms with Gasteiger partial charge in [0.25, 0.3) is 0 Å². The number of phenolic OH excluding ortho intramolecular Hbond substituents is 1. The van der Waals surface area contributed by atoms with Crippen LogP contribution in [0.15, 0.2) is 59.8 Å². The van der Waals surface area contributed by atoms with Crippen molar-refractivity contribution < 1.29 is 33.2 Å².